The van der Waals surface area contributed by atoms with Gasteiger partial charge in [0, 0.05) is 41.6 Å². The Kier molecular flexibility index (Phi) is 6.06. The van der Waals surface area contributed by atoms with E-state index in [0.717, 1.165) is 6.26 Å². The summed E-state index contributed by atoms with van der Waals surface area (Å²) in [4.78, 5) is 12.0. The minimum atomic E-state index is -3.86. The smallest absolute Gasteiger partial charge is 0.264 e. The van der Waals surface area contributed by atoms with Crippen molar-refractivity contribution in [1.82, 2.24) is 10.0 Å². The molecule has 2 aromatic carbocycles. The van der Waals surface area contributed by atoms with Gasteiger partial charge in [-0.25, -0.2) is 22.7 Å². The molecule has 0 aliphatic rings. The Hall–Kier alpha value is -2.98. The molecule has 0 radical (unpaired) electrons. The van der Waals surface area contributed by atoms with Crippen molar-refractivity contribution in [2.24, 2.45) is 0 Å². The zero-order chi connectivity index (χ0) is 23.0. The highest BCUT2D eigenvalue weighted by molar-refractivity contribution is 7.92. The van der Waals surface area contributed by atoms with E-state index < -0.39 is 32.1 Å². The number of nitrogens with zero attached hydrogens (tertiary/aromatic N) is 1. The van der Waals surface area contributed by atoms with Crippen molar-refractivity contribution >= 4 is 26.6 Å². The molecule has 1 heterocycles. The molecule has 0 bridgehead atoms. The number of aryl methyl sites for hydroxylation is 1. The van der Waals surface area contributed by atoms with Gasteiger partial charge in [0.2, 0.25) is 0 Å². The molecule has 0 saturated carbocycles. The number of methoxy groups -OCH3 is 1. The Morgan fingerprint density at radius 2 is 1.84 bits per heavy atom. The van der Waals surface area contributed by atoms with Gasteiger partial charge in [-0.1, -0.05) is 0 Å². The zero-order valence-corrected chi connectivity index (χ0v) is 18.0. The molecule has 166 valence electrons. The molecule has 10 heteroatoms. The van der Waals surface area contributed by atoms with Crippen LogP contribution in [0.4, 0.5) is 8.78 Å². The van der Waals surface area contributed by atoms with E-state index in [2.05, 4.69) is 0 Å². The van der Waals surface area contributed by atoms with Crippen molar-refractivity contribution in [1.29, 1.82) is 0 Å². The molecule has 1 atom stereocenters. The summed E-state index contributed by atoms with van der Waals surface area (Å²) in [6.45, 7) is 1.28. The molecule has 0 saturated heterocycles. The highest BCUT2D eigenvalue weighted by Crippen LogP contribution is 2.32. The normalized spacial score (nSPS) is 13.7. The van der Waals surface area contributed by atoms with E-state index in [0.29, 0.717) is 16.7 Å². The first-order valence-corrected chi connectivity index (χ1v) is 11.2. The number of fused-ring (bicyclic) bond motifs is 1. The second-order valence-corrected chi connectivity index (χ2v) is 9.89. The van der Waals surface area contributed by atoms with E-state index in [9.17, 15) is 22.0 Å². The Balaban J connectivity index is 1.97. The SMILES string of the molecule is COc1ccc(-c2cc3ccn(CC[C@](C)(C(=O)NO)S(C)(=O)=O)c3cc2F)c(F)c1. The van der Waals surface area contributed by atoms with Gasteiger partial charge >= 0.3 is 0 Å². The molecule has 0 aliphatic carbocycles. The van der Waals surface area contributed by atoms with Crippen LogP contribution in [0.25, 0.3) is 22.0 Å². The number of carbonyl (C=O) groups is 1. The van der Waals surface area contributed by atoms with Gasteiger partial charge in [0.1, 0.15) is 17.4 Å². The summed E-state index contributed by atoms with van der Waals surface area (Å²) >= 11 is 0. The van der Waals surface area contributed by atoms with Gasteiger partial charge in [-0.3, -0.25) is 10.0 Å². The summed E-state index contributed by atoms with van der Waals surface area (Å²) in [5, 5.41) is 9.54. The number of ether oxygens (including phenoxy) is 1. The van der Waals surface area contributed by atoms with Crippen LogP contribution in [0.2, 0.25) is 0 Å². The maximum absolute atomic E-state index is 14.9. The van der Waals surface area contributed by atoms with Gasteiger partial charge in [0.05, 0.1) is 12.6 Å². The molecule has 1 aromatic heterocycles. The van der Waals surface area contributed by atoms with Crippen LogP contribution in [0.3, 0.4) is 0 Å². The number of aromatic nitrogens is 1. The van der Waals surface area contributed by atoms with E-state index in [1.165, 1.54) is 49.8 Å². The van der Waals surface area contributed by atoms with Crippen LogP contribution in [0.5, 0.6) is 5.75 Å². The van der Waals surface area contributed by atoms with E-state index in [1.807, 2.05) is 0 Å². The predicted molar refractivity (Wildman–Crippen MR) is 112 cm³/mol. The quantitative estimate of drug-likeness (QED) is 0.424. The number of sulfone groups is 1. The molecule has 1 amide bonds. The van der Waals surface area contributed by atoms with Crippen LogP contribution in [0, 0.1) is 11.6 Å². The number of halogens is 2. The van der Waals surface area contributed by atoms with E-state index in [4.69, 9.17) is 9.94 Å². The summed E-state index contributed by atoms with van der Waals surface area (Å²) in [7, 11) is -2.45. The summed E-state index contributed by atoms with van der Waals surface area (Å²) < 4.78 is 58.2. The third kappa shape index (κ3) is 4.13. The lowest BCUT2D eigenvalue weighted by Crippen LogP contribution is -2.49. The van der Waals surface area contributed by atoms with Crippen LogP contribution in [0.1, 0.15) is 13.3 Å². The number of hydroxylamine groups is 1. The van der Waals surface area contributed by atoms with Crippen molar-refractivity contribution in [3.8, 4) is 16.9 Å². The van der Waals surface area contributed by atoms with E-state index in [1.54, 1.807) is 16.8 Å². The summed E-state index contributed by atoms with van der Waals surface area (Å²) in [5.74, 6) is -2.02. The molecule has 0 unspecified atom stereocenters. The second-order valence-electron chi connectivity index (χ2n) is 7.44. The van der Waals surface area contributed by atoms with Gasteiger partial charge in [0.15, 0.2) is 14.6 Å². The molecule has 0 spiro atoms. The molecule has 31 heavy (non-hydrogen) atoms. The fourth-order valence-electron chi connectivity index (χ4n) is 3.37. The van der Waals surface area contributed by atoms with E-state index in [-0.39, 0.29) is 24.1 Å². The maximum Gasteiger partial charge on any atom is 0.264 e. The molecular weight excluding hydrogens is 430 g/mol. The zero-order valence-electron chi connectivity index (χ0n) is 17.1. The average molecular weight is 452 g/mol. The van der Waals surface area contributed by atoms with Crippen LogP contribution >= 0.6 is 0 Å². The number of benzene rings is 2. The Labute approximate surface area is 178 Å². The Morgan fingerprint density at radius 1 is 1.16 bits per heavy atom. The van der Waals surface area contributed by atoms with Crippen LogP contribution in [-0.2, 0) is 21.2 Å². The molecule has 2 N–H and O–H groups in total. The lowest BCUT2D eigenvalue weighted by molar-refractivity contribution is -0.131. The number of nitrogens with one attached hydrogen (secondary N) is 1. The molecule has 3 rings (SSSR count). The highest BCUT2D eigenvalue weighted by atomic mass is 32.2. The van der Waals surface area contributed by atoms with Crippen molar-refractivity contribution in [2.75, 3.05) is 13.4 Å². The first-order valence-electron chi connectivity index (χ1n) is 9.28. The van der Waals surface area contributed by atoms with Gasteiger partial charge in [0.25, 0.3) is 5.91 Å². The average Bonchev–Trinajstić information content (AvgIpc) is 3.11. The van der Waals surface area contributed by atoms with Gasteiger partial charge in [-0.2, -0.15) is 0 Å². The number of hydrogen-bond acceptors (Lipinski definition) is 5. The predicted octanol–water partition coefficient (Wildman–Crippen LogP) is 3.29. The minimum Gasteiger partial charge on any atom is -0.497 e. The second kappa shape index (κ2) is 8.27. The topological polar surface area (TPSA) is 97.6 Å². The molecular formula is C21H22F2N2O5S. The lowest BCUT2D eigenvalue weighted by Gasteiger charge is -2.25. The van der Waals surface area contributed by atoms with Crippen LogP contribution in [0.15, 0.2) is 42.6 Å². The molecule has 0 fully saturated rings. The van der Waals surface area contributed by atoms with Crippen molar-refractivity contribution in [3.63, 3.8) is 0 Å². The first-order chi connectivity index (χ1) is 14.5. The fourth-order valence-corrected chi connectivity index (χ4v) is 4.22. The largest absolute Gasteiger partial charge is 0.497 e. The van der Waals surface area contributed by atoms with Crippen molar-refractivity contribution < 1.29 is 31.9 Å². The molecule has 3 aromatic rings. The Morgan fingerprint density at radius 3 is 2.42 bits per heavy atom. The van der Waals surface area contributed by atoms with Crippen LogP contribution in [-0.4, -0.2) is 42.2 Å². The summed E-state index contributed by atoms with van der Waals surface area (Å²) in [6, 6.07) is 8.55. The number of carbonyl (C=O) groups excluding carboxylic acids is 1. The molecule has 0 aliphatic heterocycles. The number of rotatable bonds is 7. The van der Waals surface area contributed by atoms with Crippen molar-refractivity contribution in [2.45, 2.75) is 24.6 Å². The summed E-state index contributed by atoms with van der Waals surface area (Å²) in [5.41, 5.74) is 2.01. The lowest BCUT2D eigenvalue weighted by atomic mass is 10.0. The summed E-state index contributed by atoms with van der Waals surface area (Å²) in [6.07, 6.45) is 2.38. The third-order valence-electron chi connectivity index (χ3n) is 5.56. The van der Waals surface area contributed by atoms with Crippen molar-refractivity contribution in [3.05, 3.63) is 54.2 Å². The highest BCUT2D eigenvalue weighted by Gasteiger charge is 2.43. The van der Waals surface area contributed by atoms with Gasteiger partial charge in [-0.05, 0) is 43.7 Å². The number of hydrogen-bond donors (Lipinski definition) is 2. The van der Waals surface area contributed by atoms with Gasteiger partial charge < -0.3 is 9.30 Å². The molecule has 7 nitrogen and oxygen atoms in total. The Bertz CT molecular complexity index is 1260. The number of amides is 1. The van der Waals surface area contributed by atoms with Gasteiger partial charge in [-0.15, -0.1) is 0 Å². The fraction of sp³-hybridized carbons (Fsp3) is 0.286. The monoisotopic (exact) mass is 452 g/mol. The first kappa shape index (κ1) is 22.7. The van der Waals surface area contributed by atoms with Crippen LogP contribution < -0.4 is 10.2 Å². The standard InChI is InChI=1S/C21H22F2N2O5S/c1-21(20(26)24-27,31(3,28)29)7-9-25-8-6-13-10-16(18(23)12-19(13)25)15-5-4-14(30-2)11-17(15)22/h4-6,8,10-12,27H,7,9H2,1-3H3,(H,24,26)/t21-/m1/s1. The minimum absolute atomic E-state index is 0.0656. The van der Waals surface area contributed by atoms with E-state index >= 15 is 0 Å². The third-order valence-corrected chi connectivity index (χ3v) is 7.58. The maximum atomic E-state index is 14.9.